The van der Waals surface area contributed by atoms with Gasteiger partial charge in [-0.2, -0.15) is 0 Å². The number of methoxy groups -OCH3 is 3. The zero-order valence-electron chi connectivity index (χ0n) is 28.2. The Morgan fingerprint density at radius 1 is 0.958 bits per heavy atom. The van der Waals surface area contributed by atoms with Crippen molar-refractivity contribution in [3.63, 3.8) is 0 Å². The second-order valence-corrected chi connectivity index (χ2v) is 12.5. The molecule has 6 rings (SSSR count). The third-order valence-corrected chi connectivity index (χ3v) is 9.53. The van der Waals surface area contributed by atoms with E-state index in [0.717, 1.165) is 60.0 Å². The highest BCUT2D eigenvalue weighted by Crippen LogP contribution is 2.50. The summed E-state index contributed by atoms with van der Waals surface area (Å²) in [6.07, 6.45) is 5.07. The Morgan fingerprint density at radius 3 is 2.54 bits per heavy atom. The molecule has 0 fully saturated rings. The predicted molar refractivity (Wildman–Crippen MR) is 187 cm³/mol. The van der Waals surface area contributed by atoms with Crippen molar-refractivity contribution in [1.82, 2.24) is 15.2 Å². The van der Waals surface area contributed by atoms with E-state index < -0.39 is 0 Å². The summed E-state index contributed by atoms with van der Waals surface area (Å²) in [5.41, 5.74) is 7.24. The van der Waals surface area contributed by atoms with E-state index in [1.165, 1.54) is 23.6 Å². The summed E-state index contributed by atoms with van der Waals surface area (Å²) in [5.74, 6) is 1.57. The van der Waals surface area contributed by atoms with E-state index in [2.05, 4.69) is 27.8 Å². The second kappa shape index (κ2) is 14.4. The van der Waals surface area contributed by atoms with Gasteiger partial charge in [0.15, 0.2) is 11.5 Å². The number of nitrogens with zero attached hydrogens (tertiary/aromatic N) is 1. The number of para-hydroxylation sites is 1. The fourth-order valence-electron chi connectivity index (χ4n) is 7.19. The Kier molecular flexibility index (Phi) is 9.89. The van der Waals surface area contributed by atoms with Gasteiger partial charge in [0.05, 0.1) is 33.1 Å². The molecule has 0 saturated heterocycles. The van der Waals surface area contributed by atoms with Crippen LogP contribution in [0.25, 0.3) is 22.0 Å². The number of unbranched alkanes of at least 4 members (excludes halogenated alkanes) is 2. The van der Waals surface area contributed by atoms with Crippen LogP contribution in [-0.2, 0) is 29.0 Å². The molecule has 1 aliphatic carbocycles. The van der Waals surface area contributed by atoms with Gasteiger partial charge in [0.2, 0.25) is 23.0 Å². The van der Waals surface area contributed by atoms with Crippen molar-refractivity contribution in [3.05, 3.63) is 81.1 Å². The number of benzene rings is 2. The van der Waals surface area contributed by atoms with Gasteiger partial charge in [-0.05, 0) is 66.6 Å². The number of rotatable bonds is 11. The lowest BCUT2D eigenvalue weighted by Gasteiger charge is -2.27. The zero-order chi connectivity index (χ0) is 33.8. The van der Waals surface area contributed by atoms with Gasteiger partial charge in [-0.3, -0.25) is 14.4 Å². The topological polar surface area (TPSA) is 122 Å². The molecule has 48 heavy (non-hydrogen) atoms. The first-order valence-electron chi connectivity index (χ1n) is 16.7. The summed E-state index contributed by atoms with van der Waals surface area (Å²) >= 11 is 0. The summed E-state index contributed by atoms with van der Waals surface area (Å²) in [6.45, 7) is 3.47. The van der Waals surface area contributed by atoms with Crippen molar-refractivity contribution in [2.75, 3.05) is 39.7 Å². The molecule has 1 aromatic heterocycles. The van der Waals surface area contributed by atoms with Gasteiger partial charge in [0.25, 0.3) is 0 Å². The fraction of sp³-hybridized carbons (Fsp3) is 0.395. The molecular weight excluding hydrogens is 608 g/mol. The van der Waals surface area contributed by atoms with E-state index in [1.807, 2.05) is 29.2 Å². The van der Waals surface area contributed by atoms with Crippen LogP contribution in [0.3, 0.4) is 0 Å². The third-order valence-electron chi connectivity index (χ3n) is 9.53. The summed E-state index contributed by atoms with van der Waals surface area (Å²) in [5, 5.41) is 7.57. The van der Waals surface area contributed by atoms with Crippen molar-refractivity contribution >= 4 is 28.4 Å². The standard InChI is InChI=1S/C38H44N4O6/c1-23(43)40-30-15-13-24-20-34(46-2)37(47-3)38(48-4)36(24)26-14-16-32(33(44)21-27(26)30)39-18-9-5-6-12-35(45)42-19-17-31-28(22-42)25-10-7-8-11-29(25)41-31/h7-8,10-11,14,16,20-21,30,41H,5-6,9,12-13,15,17-19,22H2,1-4H3,(H,39,44)(H,40,43)/t30-/m0/s1. The molecule has 0 unspecified atom stereocenters. The minimum Gasteiger partial charge on any atom is -0.493 e. The number of carbonyl (C=O) groups excluding carboxylic acids is 2. The first-order chi connectivity index (χ1) is 23.3. The Balaban J connectivity index is 1.12. The van der Waals surface area contributed by atoms with Crippen LogP contribution < -0.4 is 30.3 Å². The van der Waals surface area contributed by atoms with Gasteiger partial charge in [-0.15, -0.1) is 0 Å². The number of fused-ring (bicyclic) bond motifs is 6. The minimum atomic E-state index is -0.362. The van der Waals surface area contributed by atoms with Gasteiger partial charge < -0.3 is 34.7 Å². The number of carbonyl (C=O) groups is 2. The van der Waals surface area contributed by atoms with Gasteiger partial charge in [-0.1, -0.05) is 30.7 Å². The van der Waals surface area contributed by atoms with Crippen molar-refractivity contribution in [2.45, 2.75) is 64.5 Å². The number of ether oxygens (including phenoxy) is 3. The molecule has 10 heteroatoms. The molecule has 0 radical (unpaired) electrons. The van der Waals surface area contributed by atoms with E-state index in [9.17, 15) is 14.4 Å². The van der Waals surface area contributed by atoms with Crippen LogP contribution in [0.4, 0.5) is 5.69 Å². The van der Waals surface area contributed by atoms with Crippen molar-refractivity contribution in [2.24, 2.45) is 0 Å². The molecule has 10 nitrogen and oxygen atoms in total. The maximum Gasteiger partial charge on any atom is 0.222 e. The Labute approximate surface area is 280 Å². The van der Waals surface area contributed by atoms with Crippen molar-refractivity contribution < 1.29 is 23.8 Å². The highest BCUT2D eigenvalue weighted by atomic mass is 16.5. The summed E-state index contributed by atoms with van der Waals surface area (Å²) in [6, 6.07) is 15.2. The molecule has 0 bridgehead atoms. The highest BCUT2D eigenvalue weighted by Gasteiger charge is 2.29. The largest absolute Gasteiger partial charge is 0.493 e. The van der Waals surface area contributed by atoms with E-state index in [-0.39, 0.29) is 23.3 Å². The smallest absolute Gasteiger partial charge is 0.222 e. The molecule has 4 aromatic rings. The number of amides is 2. The molecule has 2 heterocycles. The normalized spacial score (nSPS) is 15.1. The molecule has 2 amide bonds. The molecule has 3 aromatic carbocycles. The number of nitrogens with one attached hydrogen (secondary N) is 3. The monoisotopic (exact) mass is 652 g/mol. The van der Waals surface area contributed by atoms with E-state index >= 15 is 0 Å². The van der Waals surface area contributed by atoms with Crippen LogP contribution in [0.15, 0.2) is 53.3 Å². The summed E-state index contributed by atoms with van der Waals surface area (Å²) in [7, 11) is 4.74. The van der Waals surface area contributed by atoms with Crippen molar-refractivity contribution in [3.8, 4) is 28.4 Å². The number of aromatic amines is 1. The SMILES string of the molecule is COc1cc2c(c(OC)c1OC)-c1ccc(NCCCCCC(=O)N3CCc4[nH]c5ccccc5c4C3)c(=O)cc1[C@@H](NC(C)=O)CC2. The second-order valence-electron chi connectivity index (χ2n) is 12.5. The van der Waals surface area contributed by atoms with Crippen LogP contribution in [0, 0.1) is 0 Å². The lowest BCUT2D eigenvalue weighted by atomic mass is 9.95. The number of hydrogen-bond donors (Lipinski definition) is 3. The lowest BCUT2D eigenvalue weighted by molar-refractivity contribution is -0.132. The quantitative estimate of drug-likeness (QED) is 0.173. The molecule has 1 atom stereocenters. The van der Waals surface area contributed by atoms with E-state index in [0.29, 0.717) is 55.3 Å². The first kappa shape index (κ1) is 32.9. The lowest BCUT2D eigenvalue weighted by Crippen LogP contribution is -2.35. The van der Waals surface area contributed by atoms with Gasteiger partial charge in [0.1, 0.15) is 0 Å². The molecule has 3 N–H and O–H groups in total. The molecule has 252 valence electrons. The van der Waals surface area contributed by atoms with E-state index in [4.69, 9.17) is 14.2 Å². The van der Waals surface area contributed by atoms with Crippen LogP contribution >= 0.6 is 0 Å². The molecule has 0 saturated carbocycles. The van der Waals surface area contributed by atoms with E-state index in [1.54, 1.807) is 33.5 Å². The summed E-state index contributed by atoms with van der Waals surface area (Å²) in [4.78, 5) is 44.3. The number of H-pyrrole nitrogens is 1. The molecular formula is C38H44N4O6. The van der Waals surface area contributed by atoms with Crippen LogP contribution in [0.2, 0.25) is 0 Å². The van der Waals surface area contributed by atoms with Crippen LogP contribution in [0.5, 0.6) is 17.2 Å². The van der Waals surface area contributed by atoms with Crippen molar-refractivity contribution in [1.29, 1.82) is 0 Å². The Morgan fingerprint density at radius 2 is 1.77 bits per heavy atom. The van der Waals surface area contributed by atoms with Crippen LogP contribution in [0.1, 0.15) is 67.5 Å². The Hall–Kier alpha value is -4.99. The number of aromatic nitrogens is 1. The van der Waals surface area contributed by atoms with Crippen LogP contribution in [-0.4, -0.2) is 56.1 Å². The first-order valence-corrected chi connectivity index (χ1v) is 16.7. The Bertz CT molecular complexity index is 1900. The minimum absolute atomic E-state index is 0.161. The number of hydrogen-bond acceptors (Lipinski definition) is 7. The molecule has 1 aliphatic heterocycles. The molecule has 2 aliphatic rings. The average molecular weight is 653 g/mol. The predicted octanol–water partition coefficient (Wildman–Crippen LogP) is 5.90. The number of anilines is 1. The fourth-order valence-corrected chi connectivity index (χ4v) is 7.19. The maximum atomic E-state index is 13.6. The molecule has 0 spiro atoms. The number of aryl methyl sites for hydroxylation is 1. The van der Waals surface area contributed by atoms with Gasteiger partial charge >= 0.3 is 0 Å². The van der Waals surface area contributed by atoms with Gasteiger partial charge in [-0.25, -0.2) is 0 Å². The van der Waals surface area contributed by atoms with Gasteiger partial charge in [0, 0.05) is 67.1 Å². The maximum absolute atomic E-state index is 13.6. The summed E-state index contributed by atoms with van der Waals surface area (Å²) < 4.78 is 17.2. The third kappa shape index (κ3) is 6.56. The zero-order valence-corrected chi connectivity index (χ0v) is 28.2. The average Bonchev–Trinajstić information content (AvgIpc) is 3.30. The highest BCUT2D eigenvalue weighted by molar-refractivity contribution is 5.86.